The highest BCUT2D eigenvalue weighted by Crippen LogP contribution is 2.40. The number of nitrogens with one attached hydrogen (secondary N) is 2. The molecular formula is C33H36N4O6. The molecule has 0 amide bonds. The Morgan fingerprint density at radius 2 is 1.56 bits per heavy atom. The van der Waals surface area contributed by atoms with Crippen LogP contribution in [0.15, 0.2) is 108 Å². The van der Waals surface area contributed by atoms with Crippen molar-refractivity contribution in [3.8, 4) is 0 Å². The number of hydrogen-bond acceptors (Lipinski definition) is 9. The third-order valence-electron chi connectivity index (χ3n) is 7.59. The molecule has 10 nitrogen and oxygen atoms in total. The summed E-state index contributed by atoms with van der Waals surface area (Å²) in [5.41, 5.74) is 9.68. The molecule has 224 valence electrons. The van der Waals surface area contributed by atoms with Crippen LogP contribution in [-0.2, 0) is 19.1 Å². The highest BCUT2D eigenvalue weighted by Gasteiger charge is 2.42. The zero-order chi connectivity index (χ0) is 30.7. The minimum absolute atomic E-state index is 0.00696. The average Bonchev–Trinajstić information content (AvgIpc) is 2.96. The summed E-state index contributed by atoms with van der Waals surface area (Å²) in [4.78, 5) is 29.4. The van der Waals surface area contributed by atoms with Gasteiger partial charge in [-0.2, -0.15) is 5.23 Å². The van der Waals surface area contributed by atoms with Crippen LogP contribution in [0.2, 0.25) is 0 Å². The van der Waals surface area contributed by atoms with Crippen LogP contribution in [0.4, 0.5) is 5.69 Å². The lowest BCUT2D eigenvalue weighted by molar-refractivity contribution is -0.991. The molecule has 0 aromatic heterocycles. The van der Waals surface area contributed by atoms with E-state index in [0.29, 0.717) is 24.4 Å². The minimum Gasteiger partial charge on any atom is -0.595 e. The molecule has 0 aliphatic carbocycles. The van der Waals surface area contributed by atoms with Crippen molar-refractivity contribution in [3.63, 3.8) is 0 Å². The van der Waals surface area contributed by atoms with E-state index in [1.807, 2.05) is 36.4 Å². The number of ether oxygens (including phenoxy) is 2. The van der Waals surface area contributed by atoms with Crippen LogP contribution < -0.4 is 16.3 Å². The first-order chi connectivity index (χ1) is 20.6. The van der Waals surface area contributed by atoms with Gasteiger partial charge in [-0.3, -0.25) is 4.90 Å². The molecule has 0 radical (unpaired) electrons. The number of allylic oxidation sites excluding steroid dienone is 1. The smallest absolute Gasteiger partial charge is 0.339 e. The SMILES string of the molecule is CC1=C(C(=O)OC(C)C)C(c2cccc([NH+]([O-])O)c2)C(C(=O)OC2CN(C(c3ccccc3)c3ccccc3)C2)=C(N)N1. The van der Waals surface area contributed by atoms with Crippen LogP contribution in [-0.4, -0.2) is 47.3 Å². The molecule has 0 bridgehead atoms. The predicted molar refractivity (Wildman–Crippen MR) is 159 cm³/mol. The molecule has 2 aliphatic rings. The fourth-order valence-electron chi connectivity index (χ4n) is 5.67. The second kappa shape index (κ2) is 12.8. The molecule has 3 aromatic carbocycles. The van der Waals surface area contributed by atoms with E-state index in [1.165, 1.54) is 12.1 Å². The van der Waals surface area contributed by atoms with Gasteiger partial charge in [-0.1, -0.05) is 72.8 Å². The lowest BCUT2D eigenvalue weighted by Crippen LogP contribution is -2.99. The van der Waals surface area contributed by atoms with Crippen molar-refractivity contribution in [1.29, 1.82) is 0 Å². The Kier molecular flexibility index (Phi) is 8.93. The standard InChI is InChI=1S/C33H36N4O6/c1-20(2)42-32(38)27-21(3)35-31(34)29(28(27)24-15-10-16-25(17-24)37(40)41)33(39)43-26-18-36(19-26)30(22-11-6-4-7-12-22)23-13-8-5-9-14-23/h4-17,20,26,28,30,35,37,40H,18-19,34H2,1-3H3. The lowest BCUT2D eigenvalue weighted by Gasteiger charge is -2.44. The van der Waals surface area contributed by atoms with Crippen LogP contribution in [0.3, 0.4) is 0 Å². The second-order valence-corrected chi connectivity index (χ2v) is 11.0. The van der Waals surface area contributed by atoms with Crippen molar-refractivity contribution in [2.75, 3.05) is 13.1 Å². The van der Waals surface area contributed by atoms with Crippen LogP contribution in [0, 0.1) is 5.21 Å². The maximum absolute atomic E-state index is 13.8. The molecule has 0 saturated carbocycles. The number of nitrogens with two attached hydrogens (primary N) is 1. The average molecular weight is 585 g/mol. The Bertz CT molecular complexity index is 1490. The molecule has 10 heteroatoms. The van der Waals surface area contributed by atoms with Gasteiger partial charge >= 0.3 is 11.9 Å². The van der Waals surface area contributed by atoms with Crippen molar-refractivity contribution in [3.05, 3.63) is 129 Å². The number of dihydropyridines is 1. The third-order valence-corrected chi connectivity index (χ3v) is 7.59. The van der Waals surface area contributed by atoms with Crippen molar-refractivity contribution in [2.45, 2.75) is 44.9 Å². The number of rotatable bonds is 9. The van der Waals surface area contributed by atoms with Gasteiger partial charge in [-0.05, 0) is 37.5 Å². The highest BCUT2D eigenvalue weighted by atomic mass is 16.8. The van der Waals surface area contributed by atoms with Gasteiger partial charge in [-0.15, -0.1) is 0 Å². The molecule has 0 spiro atoms. The van der Waals surface area contributed by atoms with Crippen molar-refractivity contribution >= 4 is 17.6 Å². The minimum atomic E-state index is -1.13. The van der Waals surface area contributed by atoms with E-state index in [1.54, 1.807) is 32.9 Å². The summed E-state index contributed by atoms with van der Waals surface area (Å²) in [5.74, 6) is -2.26. The van der Waals surface area contributed by atoms with E-state index >= 15 is 0 Å². The topological polar surface area (TPSA) is 142 Å². The van der Waals surface area contributed by atoms with Gasteiger partial charge < -0.3 is 25.7 Å². The predicted octanol–water partition coefficient (Wildman–Crippen LogP) is 3.19. The van der Waals surface area contributed by atoms with Crippen LogP contribution >= 0.6 is 0 Å². The van der Waals surface area contributed by atoms with Crippen molar-refractivity contribution in [2.24, 2.45) is 5.73 Å². The summed E-state index contributed by atoms with van der Waals surface area (Å²) >= 11 is 0. The van der Waals surface area contributed by atoms with E-state index in [0.717, 1.165) is 11.1 Å². The van der Waals surface area contributed by atoms with Crippen molar-refractivity contribution < 1.29 is 29.5 Å². The lowest BCUT2D eigenvalue weighted by atomic mass is 9.81. The van der Waals surface area contributed by atoms with Gasteiger partial charge in [0.15, 0.2) is 5.69 Å². The molecule has 5 N–H and O–H groups in total. The quantitative estimate of drug-likeness (QED) is 0.220. The van der Waals surface area contributed by atoms with Gasteiger partial charge in [0.25, 0.3) is 0 Å². The largest absolute Gasteiger partial charge is 0.595 e. The molecule has 2 atom stereocenters. The Balaban J connectivity index is 1.41. The first-order valence-electron chi connectivity index (χ1n) is 14.2. The number of likely N-dealkylation sites (tertiary alicyclic amines) is 1. The van der Waals surface area contributed by atoms with Gasteiger partial charge in [0.2, 0.25) is 0 Å². The van der Waals surface area contributed by atoms with Gasteiger partial charge in [0.1, 0.15) is 11.9 Å². The number of esters is 2. The molecule has 43 heavy (non-hydrogen) atoms. The summed E-state index contributed by atoms with van der Waals surface area (Å²) < 4.78 is 11.5. The Morgan fingerprint density at radius 3 is 2.12 bits per heavy atom. The van der Waals surface area contributed by atoms with Crippen LogP contribution in [0.1, 0.15) is 49.4 Å². The molecule has 2 unspecified atom stereocenters. The van der Waals surface area contributed by atoms with Crippen LogP contribution in [0.25, 0.3) is 0 Å². The Morgan fingerprint density at radius 1 is 0.953 bits per heavy atom. The number of benzene rings is 3. The number of hydrogen-bond donors (Lipinski definition) is 4. The Hall–Kier alpha value is -4.48. The summed E-state index contributed by atoms with van der Waals surface area (Å²) in [7, 11) is 0. The summed E-state index contributed by atoms with van der Waals surface area (Å²) in [5, 5.41) is 23.2. The van der Waals surface area contributed by atoms with Gasteiger partial charge in [-0.25, -0.2) is 14.8 Å². The first kappa shape index (κ1) is 30.0. The fourth-order valence-corrected chi connectivity index (χ4v) is 5.67. The molecular weight excluding hydrogens is 548 g/mol. The third kappa shape index (κ3) is 6.47. The molecule has 1 fully saturated rings. The van der Waals surface area contributed by atoms with E-state index in [2.05, 4.69) is 34.5 Å². The summed E-state index contributed by atoms with van der Waals surface area (Å²) in [6.07, 6.45) is -0.826. The normalized spacial score (nSPS) is 18.3. The molecule has 2 heterocycles. The van der Waals surface area contributed by atoms with Crippen molar-refractivity contribution in [1.82, 2.24) is 10.2 Å². The summed E-state index contributed by atoms with van der Waals surface area (Å²) in [6.45, 7) is 6.11. The maximum Gasteiger partial charge on any atom is 0.339 e. The number of carbonyl (C=O) groups is 2. The van der Waals surface area contributed by atoms with E-state index in [4.69, 9.17) is 15.2 Å². The zero-order valence-electron chi connectivity index (χ0n) is 24.3. The molecule has 5 rings (SSSR count). The summed E-state index contributed by atoms with van der Waals surface area (Å²) in [6, 6.07) is 26.4. The molecule has 3 aromatic rings. The number of nitrogens with zero attached hydrogens (tertiary/aromatic N) is 1. The van der Waals surface area contributed by atoms with E-state index in [-0.39, 0.29) is 28.7 Å². The van der Waals surface area contributed by atoms with Crippen LogP contribution in [0.5, 0.6) is 0 Å². The fraction of sp³-hybridized carbons (Fsp3) is 0.273. The van der Waals surface area contributed by atoms with Gasteiger partial charge in [0, 0.05) is 30.9 Å². The highest BCUT2D eigenvalue weighted by molar-refractivity contribution is 6.00. The monoisotopic (exact) mass is 584 g/mol. The van der Waals surface area contributed by atoms with E-state index in [9.17, 15) is 20.0 Å². The zero-order valence-corrected chi connectivity index (χ0v) is 24.3. The Labute approximate surface area is 250 Å². The van der Waals surface area contributed by atoms with E-state index < -0.39 is 35.3 Å². The number of quaternary nitrogens is 1. The molecule has 1 saturated heterocycles. The molecule has 2 aliphatic heterocycles. The second-order valence-electron chi connectivity index (χ2n) is 11.0. The van der Waals surface area contributed by atoms with Gasteiger partial charge in [0.05, 0.1) is 29.2 Å². The first-order valence-corrected chi connectivity index (χ1v) is 14.2. The maximum atomic E-state index is 13.8. The number of carbonyl (C=O) groups excluding carboxylic acids is 2.